The van der Waals surface area contributed by atoms with E-state index in [0.717, 1.165) is 5.56 Å². The Morgan fingerprint density at radius 2 is 1.71 bits per heavy atom. The molecule has 1 aliphatic rings. The van der Waals surface area contributed by atoms with E-state index >= 15 is 0 Å². The first-order chi connectivity index (χ1) is 11.5. The van der Waals surface area contributed by atoms with E-state index in [2.05, 4.69) is 0 Å². The molecule has 2 aromatic carbocycles. The SMILES string of the molecule is COc1ccc(CN2C(=O)C=C(c3ccc(Cl)c(Cl)c3)C2=O)cc1. The average Bonchev–Trinajstić information content (AvgIpc) is 2.86. The van der Waals surface area contributed by atoms with E-state index < -0.39 is 0 Å². The molecule has 6 heteroatoms. The summed E-state index contributed by atoms with van der Waals surface area (Å²) in [4.78, 5) is 26.0. The zero-order valence-electron chi connectivity index (χ0n) is 12.8. The third-order valence-electron chi connectivity index (χ3n) is 3.74. The number of ether oxygens (including phenoxy) is 1. The number of hydrogen-bond acceptors (Lipinski definition) is 3. The van der Waals surface area contributed by atoms with Crippen LogP contribution in [0.3, 0.4) is 0 Å². The van der Waals surface area contributed by atoms with Gasteiger partial charge in [-0.1, -0.05) is 41.4 Å². The molecule has 0 bridgehead atoms. The summed E-state index contributed by atoms with van der Waals surface area (Å²) >= 11 is 11.9. The highest BCUT2D eigenvalue weighted by molar-refractivity contribution is 6.42. The number of methoxy groups -OCH3 is 1. The maximum absolute atomic E-state index is 12.6. The Labute approximate surface area is 149 Å². The Bertz CT molecular complexity index is 844. The molecule has 0 saturated carbocycles. The van der Waals surface area contributed by atoms with Gasteiger partial charge in [-0.25, -0.2) is 0 Å². The van der Waals surface area contributed by atoms with Crippen molar-refractivity contribution >= 4 is 40.6 Å². The standard InChI is InChI=1S/C18H13Cl2NO3/c1-24-13-5-2-11(3-6-13)10-21-17(22)9-14(18(21)23)12-4-7-15(19)16(20)8-12/h2-9H,10H2,1H3. The first-order valence-electron chi connectivity index (χ1n) is 7.15. The highest BCUT2D eigenvalue weighted by Gasteiger charge is 2.31. The van der Waals surface area contributed by atoms with E-state index in [1.807, 2.05) is 12.1 Å². The van der Waals surface area contributed by atoms with E-state index in [4.69, 9.17) is 27.9 Å². The minimum Gasteiger partial charge on any atom is -0.497 e. The van der Waals surface area contributed by atoms with Gasteiger partial charge in [0.1, 0.15) is 5.75 Å². The molecule has 0 aliphatic carbocycles. The van der Waals surface area contributed by atoms with Gasteiger partial charge >= 0.3 is 0 Å². The molecule has 3 rings (SSSR count). The van der Waals surface area contributed by atoms with E-state index in [0.29, 0.717) is 26.9 Å². The smallest absolute Gasteiger partial charge is 0.261 e. The molecule has 0 aromatic heterocycles. The minimum absolute atomic E-state index is 0.197. The van der Waals surface area contributed by atoms with Crippen LogP contribution in [0.5, 0.6) is 5.75 Å². The van der Waals surface area contributed by atoms with Crippen LogP contribution < -0.4 is 4.74 Å². The van der Waals surface area contributed by atoms with Gasteiger partial charge in [0.05, 0.1) is 29.3 Å². The summed E-state index contributed by atoms with van der Waals surface area (Å²) < 4.78 is 5.10. The normalized spacial score (nSPS) is 14.1. The number of hydrogen-bond donors (Lipinski definition) is 0. The highest BCUT2D eigenvalue weighted by atomic mass is 35.5. The molecule has 4 nitrogen and oxygen atoms in total. The highest BCUT2D eigenvalue weighted by Crippen LogP contribution is 2.30. The molecular weight excluding hydrogens is 349 g/mol. The molecule has 122 valence electrons. The third-order valence-corrected chi connectivity index (χ3v) is 4.48. The number of rotatable bonds is 4. The maximum Gasteiger partial charge on any atom is 0.261 e. The first-order valence-corrected chi connectivity index (χ1v) is 7.91. The molecule has 0 saturated heterocycles. The monoisotopic (exact) mass is 361 g/mol. The van der Waals surface area contributed by atoms with Gasteiger partial charge < -0.3 is 4.74 Å². The van der Waals surface area contributed by atoms with Gasteiger partial charge in [-0.3, -0.25) is 14.5 Å². The Balaban J connectivity index is 1.81. The van der Waals surface area contributed by atoms with Gasteiger partial charge in [0.15, 0.2) is 0 Å². The number of carbonyl (C=O) groups excluding carboxylic acids is 2. The van der Waals surface area contributed by atoms with Gasteiger partial charge in [-0.05, 0) is 35.4 Å². The van der Waals surface area contributed by atoms with Gasteiger partial charge in [0.25, 0.3) is 11.8 Å². The summed E-state index contributed by atoms with van der Waals surface area (Å²) in [7, 11) is 1.58. The summed E-state index contributed by atoms with van der Waals surface area (Å²) in [6, 6.07) is 12.1. The Morgan fingerprint density at radius 1 is 1.00 bits per heavy atom. The lowest BCUT2D eigenvalue weighted by molar-refractivity contribution is -0.137. The number of carbonyl (C=O) groups is 2. The van der Waals surface area contributed by atoms with Crippen molar-refractivity contribution in [3.8, 4) is 5.75 Å². The quantitative estimate of drug-likeness (QED) is 0.774. The van der Waals surface area contributed by atoms with Crippen molar-refractivity contribution in [2.45, 2.75) is 6.54 Å². The zero-order valence-corrected chi connectivity index (χ0v) is 14.3. The predicted octanol–water partition coefficient (Wildman–Crippen LogP) is 3.95. The van der Waals surface area contributed by atoms with E-state index in [1.165, 1.54) is 11.0 Å². The Hall–Kier alpha value is -2.30. The van der Waals surface area contributed by atoms with Crippen LogP contribution >= 0.6 is 23.2 Å². The Kier molecular flexibility index (Phi) is 4.60. The first kappa shape index (κ1) is 16.6. The molecular formula is C18H13Cl2NO3. The summed E-state index contributed by atoms with van der Waals surface area (Å²) in [5, 5.41) is 0.733. The molecule has 0 spiro atoms. The fourth-order valence-electron chi connectivity index (χ4n) is 2.44. The van der Waals surface area contributed by atoms with Crippen molar-refractivity contribution in [2.75, 3.05) is 7.11 Å². The summed E-state index contributed by atoms with van der Waals surface area (Å²) in [6.45, 7) is 0.197. The maximum atomic E-state index is 12.6. The van der Waals surface area contributed by atoms with Crippen molar-refractivity contribution in [1.29, 1.82) is 0 Å². The third kappa shape index (κ3) is 3.16. The van der Waals surface area contributed by atoms with Gasteiger partial charge in [0.2, 0.25) is 0 Å². The predicted molar refractivity (Wildman–Crippen MR) is 93.0 cm³/mol. The van der Waals surface area contributed by atoms with E-state index in [9.17, 15) is 9.59 Å². The van der Waals surface area contributed by atoms with Crippen LogP contribution in [0.25, 0.3) is 5.57 Å². The topological polar surface area (TPSA) is 46.6 Å². The molecule has 0 unspecified atom stereocenters. The van der Waals surface area contributed by atoms with Crippen LogP contribution in [0.2, 0.25) is 10.0 Å². The number of amides is 2. The van der Waals surface area contributed by atoms with Crippen LogP contribution in [-0.4, -0.2) is 23.8 Å². The molecule has 0 fully saturated rings. The molecule has 1 heterocycles. The van der Waals surface area contributed by atoms with Crippen molar-refractivity contribution in [3.63, 3.8) is 0 Å². The van der Waals surface area contributed by atoms with Crippen LogP contribution in [0, 0.1) is 0 Å². The van der Waals surface area contributed by atoms with E-state index in [-0.39, 0.29) is 18.4 Å². The molecule has 0 atom stereocenters. The average molecular weight is 362 g/mol. The van der Waals surface area contributed by atoms with Crippen LogP contribution in [0.15, 0.2) is 48.5 Å². The molecule has 0 N–H and O–H groups in total. The van der Waals surface area contributed by atoms with E-state index in [1.54, 1.807) is 37.4 Å². The summed E-state index contributed by atoms with van der Waals surface area (Å²) in [5.41, 5.74) is 1.72. The second kappa shape index (κ2) is 6.67. The Morgan fingerprint density at radius 3 is 2.33 bits per heavy atom. The zero-order chi connectivity index (χ0) is 17.3. The second-order valence-corrected chi connectivity index (χ2v) is 6.08. The van der Waals surface area contributed by atoms with Gasteiger partial charge in [0, 0.05) is 6.08 Å². The van der Waals surface area contributed by atoms with Crippen LogP contribution in [0.4, 0.5) is 0 Å². The fraction of sp³-hybridized carbons (Fsp3) is 0.111. The largest absolute Gasteiger partial charge is 0.497 e. The minimum atomic E-state index is -0.353. The number of imide groups is 1. The molecule has 2 amide bonds. The van der Waals surface area contributed by atoms with Gasteiger partial charge in [-0.2, -0.15) is 0 Å². The van der Waals surface area contributed by atoms with Crippen LogP contribution in [-0.2, 0) is 16.1 Å². The van der Waals surface area contributed by atoms with Crippen LogP contribution in [0.1, 0.15) is 11.1 Å². The summed E-state index contributed by atoms with van der Waals surface area (Å²) in [5.74, 6) is 0.0125. The van der Waals surface area contributed by atoms with Gasteiger partial charge in [-0.15, -0.1) is 0 Å². The molecule has 1 aliphatic heterocycles. The lowest BCUT2D eigenvalue weighted by atomic mass is 10.1. The number of halogens is 2. The molecule has 2 aromatic rings. The number of nitrogens with zero attached hydrogens (tertiary/aromatic N) is 1. The number of benzene rings is 2. The second-order valence-electron chi connectivity index (χ2n) is 5.26. The lowest BCUT2D eigenvalue weighted by Crippen LogP contribution is -2.30. The van der Waals surface area contributed by atoms with Crippen molar-refractivity contribution in [2.24, 2.45) is 0 Å². The van der Waals surface area contributed by atoms with Crippen molar-refractivity contribution in [1.82, 2.24) is 4.90 Å². The lowest BCUT2D eigenvalue weighted by Gasteiger charge is -2.15. The molecule has 24 heavy (non-hydrogen) atoms. The van der Waals surface area contributed by atoms with Crippen molar-refractivity contribution < 1.29 is 14.3 Å². The fourth-order valence-corrected chi connectivity index (χ4v) is 2.74. The summed E-state index contributed by atoms with van der Waals surface area (Å²) in [6.07, 6.45) is 1.32. The molecule has 0 radical (unpaired) electrons. The van der Waals surface area contributed by atoms with Crippen molar-refractivity contribution in [3.05, 3.63) is 69.7 Å².